The number of nitrogens with two attached hydrogens (primary N) is 1. The Balaban J connectivity index is 2.18. The van der Waals surface area contributed by atoms with Gasteiger partial charge in [-0.05, 0) is 51.0 Å². The topological polar surface area (TPSA) is 203 Å². The second kappa shape index (κ2) is 16.5. The summed E-state index contributed by atoms with van der Waals surface area (Å²) in [5.74, 6) is -2.53. The molecule has 1 aromatic heterocycles. The highest BCUT2D eigenvalue weighted by Crippen LogP contribution is 2.42. The van der Waals surface area contributed by atoms with E-state index in [2.05, 4.69) is 15.6 Å². The predicted octanol–water partition coefficient (Wildman–Crippen LogP) is 4.43. The van der Waals surface area contributed by atoms with Crippen molar-refractivity contribution in [1.82, 2.24) is 4.98 Å². The first-order valence-electron chi connectivity index (χ1n) is 14.8. The lowest BCUT2D eigenvalue weighted by Crippen LogP contribution is -2.36. The van der Waals surface area contributed by atoms with Crippen molar-refractivity contribution in [3.05, 3.63) is 82.7 Å². The lowest BCUT2D eigenvalue weighted by atomic mass is 9.91. The number of aliphatic hydroxyl groups is 1. The van der Waals surface area contributed by atoms with Crippen LogP contribution < -0.4 is 16.4 Å². The number of methoxy groups -OCH3 is 2. The summed E-state index contributed by atoms with van der Waals surface area (Å²) in [4.78, 5) is 41.9. The molecule has 0 saturated heterocycles. The summed E-state index contributed by atoms with van der Waals surface area (Å²) in [5.41, 5.74) is 6.77. The van der Waals surface area contributed by atoms with Crippen LogP contribution in [0.2, 0.25) is 0 Å². The number of anilines is 2. The van der Waals surface area contributed by atoms with Gasteiger partial charge in [-0.15, -0.1) is 0 Å². The van der Waals surface area contributed by atoms with Crippen LogP contribution in [0.1, 0.15) is 50.0 Å². The van der Waals surface area contributed by atoms with Crippen molar-refractivity contribution >= 4 is 35.4 Å². The average molecular weight is 651 g/mol. The number of aromatic hydroxyl groups is 2. The van der Waals surface area contributed by atoms with Crippen molar-refractivity contribution in [2.24, 2.45) is 11.7 Å². The first-order chi connectivity index (χ1) is 22.3. The third-order valence-corrected chi connectivity index (χ3v) is 7.68. The zero-order valence-corrected chi connectivity index (χ0v) is 27.2. The first kappa shape index (κ1) is 36.5. The van der Waals surface area contributed by atoms with E-state index in [0.717, 1.165) is 6.07 Å². The number of amides is 3. The summed E-state index contributed by atoms with van der Waals surface area (Å²) < 4.78 is 16.6. The molecular weight excluding hydrogens is 608 g/mol. The van der Waals surface area contributed by atoms with Crippen molar-refractivity contribution in [3.8, 4) is 11.5 Å². The number of benzene rings is 1. The molecule has 0 fully saturated rings. The summed E-state index contributed by atoms with van der Waals surface area (Å²) in [6, 6.07) is 4.10. The van der Waals surface area contributed by atoms with Gasteiger partial charge in [-0.3, -0.25) is 14.6 Å². The number of hydrogen-bond donors (Lipinski definition) is 6. The number of aliphatic hydroxyl groups excluding tert-OH is 1. The number of ether oxygens (including phenoxy) is 3. The SMILES string of the molecule is CO[C@H]1C=CC=C(C)C(=O)Nc2cc(O)c(NC(=O)c3ccncc3)c(c2O)C=C(C)C[C@H](OC)[C@H](O)[C@@H](C)C=C(C)[C@@H]1OC(N)=O. The second-order valence-electron chi connectivity index (χ2n) is 11.2. The molecule has 1 aliphatic rings. The number of phenols is 2. The zero-order chi connectivity index (χ0) is 34.8. The molecule has 0 radical (unpaired) electrons. The summed E-state index contributed by atoms with van der Waals surface area (Å²) in [7, 11) is 2.86. The molecule has 47 heavy (non-hydrogen) atoms. The van der Waals surface area contributed by atoms with Crippen LogP contribution in [0.3, 0.4) is 0 Å². The molecule has 5 atom stereocenters. The highest BCUT2D eigenvalue weighted by atomic mass is 16.6. The molecule has 2 aromatic rings. The van der Waals surface area contributed by atoms with Gasteiger partial charge in [0.25, 0.3) is 11.8 Å². The molecular formula is C34H42N4O9. The Morgan fingerprint density at radius 1 is 1.11 bits per heavy atom. The number of rotatable bonds is 5. The predicted molar refractivity (Wildman–Crippen MR) is 177 cm³/mol. The van der Waals surface area contributed by atoms with Gasteiger partial charge in [0.1, 0.15) is 17.6 Å². The third-order valence-electron chi connectivity index (χ3n) is 7.68. The van der Waals surface area contributed by atoms with E-state index >= 15 is 0 Å². The number of hydrogen-bond acceptors (Lipinski definition) is 10. The van der Waals surface area contributed by atoms with Crippen LogP contribution in [0.25, 0.3) is 6.08 Å². The smallest absolute Gasteiger partial charge is 0.405 e. The number of aromatic nitrogens is 1. The standard InChI is InChI=1S/C34H42N4O9/c1-18-14-23-28(38-33(43)22-10-12-36-13-11-22)25(39)17-24(30(23)41)37-32(42)19(2)8-7-9-26(45-5)31(47-34(35)44)21(4)16-20(3)29(40)27(15-18)46-6/h7-14,16-17,20,26-27,29,31,39-41H,15H2,1-6H3,(H2,35,44)(H,37,42)(H,38,43)/t20-,26-,27-,29+,31-/m0/s1. The number of carbonyl (C=O) groups excluding carboxylic acids is 3. The number of carbonyl (C=O) groups is 3. The van der Waals surface area contributed by atoms with Crippen molar-refractivity contribution in [2.45, 2.75) is 58.5 Å². The molecule has 13 heteroatoms. The Kier molecular flexibility index (Phi) is 12.8. The number of nitrogens with one attached hydrogen (secondary N) is 2. The quantitative estimate of drug-likeness (QED) is 0.153. The van der Waals surface area contributed by atoms with E-state index in [9.17, 15) is 29.7 Å². The van der Waals surface area contributed by atoms with E-state index < -0.39 is 59.7 Å². The summed E-state index contributed by atoms with van der Waals surface area (Å²) in [6.07, 6.45) is 6.32. The van der Waals surface area contributed by atoms with Crippen LogP contribution in [0.15, 0.2) is 71.6 Å². The van der Waals surface area contributed by atoms with Crippen molar-refractivity contribution < 1.29 is 43.9 Å². The van der Waals surface area contributed by atoms with Gasteiger partial charge < -0.3 is 45.9 Å². The number of nitrogens with zero attached hydrogens (tertiary/aromatic N) is 1. The highest BCUT2D eigenvalue weighted by molar-refractivity contribution is 6.08. The summed E-state index contributed by atoms with van der Waals surface area (Å²) in [6.45, 7) is 6.74. The molecule has 0 saturated carbocycles. The lowest BCUT2D eigenvalue weighted by Gasteiger charge is -2.28. The molecule has 2 bridgehead atoms. The number of pyridine rings is 1. The molecule has 252 valence electrons. The fourth-order valence-corrected chi connectivity index (χ4v) is 5.10. The van der Waals surface area contributed by atoms with E-state index in [4.69, 9.17) is 19.9 Å². The van der Waals surface area contributed by atoms with Crippen LogP contribution in [0.4, 0.5) is 16.2 Å². The van der Waals surface area contributed by atoms with Crippen LogP contribution in [0, 0.1) is 5.92 Å². The molecule has 0 spiro atoms. The van der Waals surface area contributed by atoms with Gasteiger partial charge in [0.15, 0.2) is 6.10 Å². The average Bonchev–Trinajstić information content (AvgIpc) is 3.04. The molecule has 3 amide bonds. The van der Waals surface area contributed by atoms with Gasteiger partial charge in [0.05, 0.1) is 23.6 Å². The Morgan fingerprint density at radius 2 is 1.79 bits per heavy atom. The normalized spacial score (nSPS) is 22.7. The maximum Gasteiger partial charge on any atom is 0.405 e. The van der Waals surface area contributed by atoms with Gasteiger partial charge in [0.2, 0.25) is 0 Å². The Bertz CT molecular complexity index is 1580. The fourth-order valence-electron chi connectivity index (χ4n) is 5.10. The maximum atomic E-state index is 13.1. The largest absolute Gasteiger partial charge is 0.506 e. The molecule has 7 N–H and O–H groups in total. The number of primary amides is 1. The minimum absolute atomic E-state index is 0.0159. The van der Waals surface area contributed by atoms with Gasteiger partial charge in [0, 0.05) is 55.3 Å². The van der Waals surface area contributed by atoms with Crippen molar-refractivity contribution in [1.29, 1.82) is 0 Å². The van der Waals surface area contributed by atoms with E-state index in [0.29, 0.717) is 11.1 Å². The van der Waals surface area contributed by atoms with Crippen LogP contribution >= 0.6 is 0 Å². The van der Waals surface area contributed by atoms with Crippen LogP contribution in [-0.4, -0.2) is 76.8 Å². The molecule has 1 aliphatic heterocycles. The highest BCUT2D eigenvalue weighted by Gasteiger charge is 2.29. The molecule has 0 aliphatic carbocycles. The van der Waals surface area contributed by atoms with E-state index in [1.165, 1.54) is 63.9 Å². The van der Waals surface area contributed by atoms with Gasteiger partial charge in [-0.2, -0.15) is 0 Å². The van der Waals surface area contributed by atoms with Crippen LogP contribution in [-0.2, 0) is 19.0 Å². The van der Waals surface area contributed by atoms with E-state index in [1.54, 1.807) is 32.9 Å². The first-order valence-corrected chi connectivity index (χ1v) is 14.8. The molecule has 3 rings (SSSR count). The lowest BCUT2D eigenvalue weighted by molar-refractivity contribution is -0.112. The monoisotopic (exact) mass is 650 g/mol. The number of allylic oxidation sites excluding steroid dienone is 2. The zero-order valence-electron chi connectivity index (χ0n) is 27.2. The Labute approximate surface area is 273 Å². The van der Waals surface area contributed by atoms with Crippen molar-refractivity contribution in [3.63, 3.8) is 0 Å². The molecule has 1 aromatic carbocycles. The number of phenolic OH excluding ortho intramolecular Hbond substituents is 2. The van der Waals surface area contributed by atoms with E-state index in [-0.39, 0.29) is 34.5 Å². The van der Waals surface area contributed by atoms with Gasteiger partial charge >= 0.3 is 6.09 Å². The summed E-state index contributed by atoms with van der Waals surface area (Å²) >= 11 is 0. The Morgan fingerprint density at radius 3 is 2.40 bits per heavy atom. The molecule has 0 unspecified atom stereocenters. The summed E-state index contributed by atoms with van der Waals surface area (Å²) in [5, 5.41) is 39.0. The minimum atomic E-state index is -1.05. The van der Waals surface area contributed by atoms with E-state index in [1.807, 2.05) is 0 Å². The molecule has 2 heterocycles. The fraction of sp³-hybridized carbons (Fsp3) is 0.353. The maximum absolute atomic E-state index is 13.1. The number of fused-ring (bicyclic) bond motifs is 2. The molecule has 13 nitrogen and oxygen atoms in total. The third kappa shape index (κ3) is 9.51. The van der Waals surface area contributed by atoms with Crippen molar-refractivity contribution in [2.75, 3.05) is 24.9 Å². The Hall–Kier alpha value is -4.98. The van der Waals surface area contributed by atoms with Crippen LogP contribution in [0.5, 0.6) is 11.5 Å². The van der Waals surface area contributed by atoms with Gasteiger partial charge in [-0.1, -0.05) is 36.8 Å². The van der Waals surface area contributed by atoms with Gasteiger partial charge in [-0.25, -0.2) is 4.79 Å². The second-order valence-corrected chi connectivity index (χ2v) is 11.2. The minimum Gasteiger partial charge on any atom is -0.506 e.